The van der Waals surface area contributed by atoms with E-state index in [1.165, 1.54) is 23.5 Å². The lowest BCUT2D eigenvalue weighted by atomic mass is 9.64. The van der Waals surface area contributed by atoms with Crippen LogP contribution in [0.15, 0.2) is 48.7 Å². The predicted octanol–water partition coefficient (Wildman–Crippen LogP) is 4.97. The quantitative estimate of drug-likeness (QED) is 0.566. The maximum Gasteiger partial charge on any atom is 0.274 e. The number of rotatable bonds is 5. The molecule has 6 rings (SSSR count). The van der Waals surface area contributed by atoms with Crippen LogP contribution < -0.4 is 4.74 Å². The molecular formula is C24H24FN3O2S. The number of ether oxygens (including phenoxy) is 1. The molecule has 0 unspecified atom stereocenters. The number of aryl methyl sites for hydroxylation is 1. The maximum atomic E-state index is 13.8. The van der Waals surface area contributed by atoms with Crippen LogP contribution in [0.25, 0.3) is 10.6 Å². The molecule has 2 saturated heterocycles. The zero-order valence-corrected chi connectivity index (χ0v) is 18.3. The normalized spacial score (nSPS) is 24.5. The standard InChI is InChI=1S/C24H24FN3O2S/c1-14-16-11-18(12-16)28(21(14)13-30-19-8-6-17(25)7-9-19)24(29)22-23(31-15(2)27-22)20-5-3-4-10-26-20/h3-10,14,16,18,21H,11-13H2,1-2H3/t14-,16?,18?,21+/m0/s1. The molecule has 2 atom stereocenters. The van der Waals surface area contributed by atoms with Gasteiger partial charge >= 0.3 is 0 Å². The number of carbonyl (C=O) groups is 1. The molecule has 3 fully saturated rings. The fourth-order valence-corrected chi connectivity index (χ4v) is 5.64. The number of fused-ring (bicyclic) bond motifs is 2. The zero-order chi connectivity index (χ0) is 21.5. The van der Waals surface area contributed by atoms with Gasteiger partial charge in [-0.1, -0.05) is 13.0 Å². The third kappa shape index (κ3) is 3.71. The van der Waals surface area contributed by atoms with Crippen LogP contribution in [-0.4, -0.2) is 39.5 Å². The Morgan fingerprint density at radius 1 is 1.23 bits per heavy atom. The van der Waals surface area contributed by atoms with Gasteiger partial charge < -0.3 is 9.64 Å². The summed E-state index contributed by atoms with van der Waals surface area (Å²) in [4.78, 5) is 25.6. The molecule has 1 amide bonds. The van der Waals surface area contributed by atoms with Crippen molar-refractivity contribution >= 4 is 17.2 Å². The summed E-state index contributed by atoms with van der Waals surface area (Å²) in [6, 6.07) is 11.9. The minimum absolute atomic E-state index is 0.0476. The minimum Gasteiger partial charge on any atom is -0.491 e. The van der Waals surface area contributed by atoms with Crippen LogP contribution in [0.3, 0.4) is 0 Å². The van der Waals surface area contributed by atoms with Crippen molar-refractivity contribution in [3.05, 3.63) is 65.2 Å². The molecule has 31 heavy (non-hydrogen) atoms. The summed E-state index contributed by atoms with van der Waals surface area (Å²) in [5, 5.41) is 0.847. The molecular weight excluding hydrogens is 413 g/mol. The molecule has 0 N–H and O–H groups in total. The number of thiazole rings is 1. The number of benzene rings is 1. The molecule has 0 spiro atoms. The first-order valence-corrected chi connectivity index (χ1v) is 11.4. The van der Waals surface area contributed by atoms with Gasteiger partial charge in [0.1, 0.15) is 23.9 Å². The zero-order valence-electron chi connectivity index (χ0n) is 17.5. The Labute approximate surface area is 184 Å². The molecule has 1 aromatic carbocycles. The van der Waals surface area contributed by atoms with Gasteiger partial charge in [-0.15, -0.1) is 11.3 Å². The molecule has 2 aliphatic heterocycles. The van der Waals surface area contributed by atoms with Crippen molar-refractivity contribution in [1.82, 2.24) is 14.9 Å². The minimum atomic E-state index is -0.294. The summed E-state index contributed by atoms with van der Waals surface area (Å²) < 4.78 is 19.2. The van der Waals surface area contributed by atoms with E-state index in [2.05, 4.69) is 16.9 Å². The molecule has 160 valence electrons. The molecule has 2 aromatic heterocycles. The van der Waals surface area contributed by atoms with E-state index in [1.54, 1.807) is 18.3 Å². The Morgan fingerprint density at radius 3 is 2.71 bits per heavy atom. The Balaban J connectivity index is 1.43. The van der Waals surface area contributed by atoms with E-state index in [9.17, 15) is 9.18 Å². The van der Waals surface area contributed by atoms with Crippen LogP contribution in [-0.2, 0) is 0 Å². The van der Waals surface area contributed by atoms with E-state index in [4.69, 9.17) is 4.74 Å². The molecule has 2 bridgehead atoms. The lowest BCUT2D eigenvalue weighted by Crippen LogP contribution is -2.64. The van der Waals surface area contributed by atoms with Crippen LogP contribution in [0.5, 0.6) is 5.75 Å². The lowest BCUT2D eigenvalue weighted by Gasteiger charge is -2.57. The highest BCUT2D eigenvalue weighted by atomic mass is 32.1. The van der Waals surface area contributed by atoms with Crippen LogP contribution in [0, 0.1) is 24.6 Å². The van der Waals surface area contributed by atoms with Crippen molar-refractivity contribution in [2.45, 2.75) is 38.8 Å². The van der Waals surface area contributed by atoms with Crippen molar-refractivity contribution in [3.8, 4) is 16.3 Å². The summed E-state index contributed by atoms with van der Waals surface area (Å²) in [5.74, 6) is 1.21. The van der Waals surface area contributed by atoms with E-state index in [0.29, 0.717) is 29.9 Å². The topological polar surface area (TPSA) is 55.3 Å². The number of carbonyl (C=O) groups excluding carboxylic acids is 1. The second-order valence-electron chi connectivity index (χ2n) is 8.41. The molecule has 3 aliphatic rings. The second-order valence-corrected chi connectivity index (χ2v) is 9.62. The Morgan fingerprint density at radius 2 is 2.00 bits per heavy atom. The molecule has 1 saturated carbocycles. The highest BCUT2D eigenvalue weighted by Crippen LogP contribution is 2.47. The first-order valence-electron chi connectivity index (χ1n) is 10.6. The van der Waals surface area contributed by atoms with Crippen molar-refractivity contribution in [2.75, 3.05) is 6.61 Å². The predicted molar refractivity (Wildman–Crippen MR) is 118 cm³/mol. The molecule has 4 heterocycles. The van der Waals surface area contributed by atoms with Crippen molar-refractivity contribution in [3.63, 3.8) is 0 Å². The van der Waals surface area contributed by atoms with E-state index in [1.807, 2.05) is 30.0 Å². The van der Waals surface area contributed by atoms with Crippen LogP contribution in [0.1, 0.15) is 35.3 Å². The van der Waals surface area contributed by atoms with E-state index in [0.717, 1.165) is 28.4 Å². The van der Waals surface area contributed by atoms with Crippen molar-refractivity contribution in [2.24, 2.45) is 11.8 Å². The number of pyridine rings is 1. The van der Waals surface area contributed by atoms with Crippen LogP contribution in [0.2, 0.25) is 0 Å². The number of hydrogen-bond donors (Lipinski definition) is 0. The second kappa shape index (κ2) is 8.04. The average molecular weight is 438 g/mol. The maximum absolute atomic E-state index is 13.8. The summed E-state index contributed by atoms with van der Waals surface area (Å²) in [5.41, 5.74) is 1.25. The number of piperidine rings is 2. The highest BCUT2D eigenvalue weighted by Gasteiger charge is 2.51. The average Bonchev–Trinajstić information content (AvgIpc) is 3.14. The monoisotopic (exact) mass is 437 g/mol. The van der Waals surface area contributed by atoms with E-state index < -0.39 is 0 Å². The summed E-state index contributed by atoms with van der Waals surface area (Å²) in [7, 11) is 0. The molecule has 5 nitrogen and oxygen atoms in total. The van der Waals surface area contributed by atoms with Gasteiger partial charge in [0.05, 0.1) is 21.6 Å². The first kappa shape index (κ1) is 20.1. The smallest absolute Gasteiger partial charge is 0.274 e. The van der Waals surface area contributed by atoms with Gasteiger partial charge in [-0.05, 0) is 68.0 Å². The van der Waals surface area contributed by atoms with Crippen molar-refractivity contribution in [1.29, 1.82) is 0 Å². The summed E-state index contributed by atoms with van der Waals surface area (Å²) in [6.07, 6.45) is 3.79. The van der Waals surface area contributed by atoms with Gasteiger partial charge in [-0.3, -0.25) is 9.78 Å². The van der Waals surface area contributed by atoms with Gasteiger partial charge in [0.2, 0.25) is 0 Å². The van der Waals surface area contributed by atoms with Crippen LogP contribution >= 0.6 is 11.3 Å². The van der Waals surface area contributed by atoms with Crippen molar-refractivity contribution < 1.29 is 13.9 Å². The number of hydrogen-bond acceptors (Lipinski definition) is 5. The van der Waals surface area contributed by atoms with E-state index in [-0.39, 0.29) is 23.8 Å². The molecule has 3 aromatic rings. The van der Waals surface area contributed by atoms with E-state index >= 15 is 0 Å². The van der Waals surface area contributed by atoms with Gasteiger partial charge in [0.25, 0.3) is 5.91 Å². The highest BCUT2D eigenvalue weighted by molar-refractivity contribution is 7.15. The Bertz CT molecular complexity index is 1080. The Kier molecular flexibility index (Phi) is 5.22. The number of aromatic nitrogens is 2. The van der Waals surface area contributed by atoms with Gasteiger partial charge in [0.15, 0.2) is 0 Å². The fourth-order valence-electron chi connectivity index (χ4n) is 4.75. The summed E-state index contributed by atoms with van der Waals surface area (Å²) in [6.45, 7) is 4.50. The van der Waals surface area contributed by atoms with Crippen LogP contribution in [0.4, 0.5) is 4.39 Å². The summed E-state index contributed by atoms with van der Waals surface area (Å²) >= 11 is 1.50. The molecule has 7 heteroatoms. The number of nitrogens with zero attached hydrogens (tertiary/aromatic N) is 3. The number of halogens is 1. The van der Waals surface area contributed by atoms with Gasteiger partial charge in [0, 0.05) is 12.2 Å². The lowest BCUT2D eigenvalue weighted by molar-refractivity contribution is -0.0672. The Hall–Kier alpha value is -2.80. The molecule has 1 aliphatic carbocycles. The van der Waals surface area contributed by atoms with Gasteiger partial charge in [-0.25, -0.2) is 9.37 Å². The number of amides is 1. The largest absolute Gasteiger partial charge is 0.491 e. The third-order valence-electron chi connectivity index (χ3n) is 6.55. The SMILES string of the molecule is Cc1nc(C(=O)N2C3CC(C3)[C@H](C)[C@H]2COc2ccc(F)cc2)c(-c2ccccn2)s1. The third-order valence-corrected chi connectivity index (χ3v) is 7.55. The first-order chi connectivity index (χ1) is 15.0. The molecule has 0 radical (unpaired) electrons. The van der Waals surface area contributed by atoms with Gasteiger partial charge in [-0.2, -0.15) is 0 Å². The fraction of sp³-hybridized carbons (Fsp3) is 0.375.